The third-order valence-corrected chi connectivity index (χ3v) is 4.38. The van der Waals surface area contributed by atoms with Crippen molar-refractivity contribution in [3.63, 3.8) is 0 Å². The molecule has 2 heteroatoms. The van der Waals surface area contributed by atoms with Crippen molar-refractivity contribution in [2.75, 3.05) is 18.0 Å². The van der Waals surface area contributed by atoms with E-state index < -0.39 is 0 Å². The molecule has 1 aliphatic heterocycles. The van der Waals surface area contributed by atoms with Crippen molar-refractivity contribution >= 4 is 12.0 Å². The van der Waals surface area contributed by atoms with Crippen molar-refractivity contribution in [3.05, 3.63) is 65.7 Å². The van der Waals surface area contributed by atoms with Crippen LogP contribution < -0.4 is 4.90 Å². The zero-order chi connectivity index (χ0) is 14.5. The second-order valence-corrected chi connectivity index (χ2v) is 5.83. The van der Waals surface area contributed by atoms with Crippen LogP contribution in [0, 0.1) is 5.92 Å². The van der Waals surface area contributed by atoms with Crippen LogP contribution in [0.4, 0.5) is 5.69 Å². The first kappa shape index (κ1) is 13.9. The number of piperidine rings is 1. The second-order valence-electron chi connectivity index (χ2n) is 5.83. The quantitative estimate of drug-likeness (QED) is 0.790. The maximum Gasteiger partial charge on any atom is 0.150 e. The highest BCUT2D eigenvalue weighted by atomic mass is 16.1. The minimum atomic E-state index is 0.748. The Morgan fingerprint density at radius 3 is 2.24 bits per heavy atom. The maximum atomic E-state index is 10.7. The highest BCUT2D eigenvalue weighted by Gasteiger charge is 2.19. The number of carbonyl (C=O) groups is 1. The predicted octanol–water partition coefficient (Wildman–Crippen LogP) is 3.96. The Bertz CT molecular complexity index is 568. The highest BCUT2D eigenvalue weighted by molar-refractivity contribution is 5.75. The van der Waals surface area contributed by atoms with E-state index in [0.29, 0.717) is 0 Å². The van der Waals surface area contributed by atoms with Gasteiger partial charge >= 0.3 is 0 Å². The summed E-state index contributed by atoms with van der Waals surface area (Å²) in [6.45, 7) is 2.22. The molecule has 2 aromatic carbocycles. The summed E-state index contributed by atoms with van der Waals surface area (Å²) in [6, 6.07) is 18.7. The maximum absolute atomic E-state index is 10.7. The van der Waals surface area contributed by atoms with Crippen LogP contribution in [0.2, 0.25) is 0 Å². The molecule has 2 aromatic rings. The van der Waals surface area contributed by atoms with Crippen LogP contribution >= 0.6 is 0 Å². The van der Waals surface area contributed by atoms with Gasteiger partial charge in [-0.15, -0.1) is 0 Å². The van der Waals surface area contributed by atoms with E-state index in [1.165, 1.54) is 30.5 Å². The van der Waals surface area contributed by atoms with Gasteiger partial charge in [0.15, 0.2) is 0 Å². The lowest BCUT2D eigenvalue weighted by Crippen LogP contribution is -2.34. The molecule has 0 N–H and O–H groups in total. The monoisotopic (exact) mass is 279 g/mol. The Morgan fingerprint density at radius 1 is 0.952 bits per heavy atom. The van der Waals surface area contributed by atoms with Crippen LogP contribution in [0.3, 0.4) is 0 Å². The first-order valence-electron chi connectivity index (χ1n) is 7.69. The van der Waals surface area contributed by atoms with Gasteiger partial charge in [-0.2, -0.15) is 0 Å². The molecule has 2 nitrogen and oxygen atoms in total. The Balaban J connectivity index is 1.56. The summed E-state index contributed by atoms with van der Waals surface area (Å²) in [5, 5.41) is 0. The molecule has 21 heavy (non-hydrogen) atoms. The molecule has 0 spiro atoms. The molecular formula is C19H21NO. The van der Waals surface area contributed by atoms with Gasteiger partial charge in [0.1, 0.15) is 6.29 Å². The molecule has 1 saturated heterocycles. The van der Waals surface area contributed by atoms with E-state index in [1.807, 2.05) is 12.1 Å². The van der Waals surface area contributed by atoms with Gasteiger partial charge in [-0.3, -0.25) is 4.79 Å². The van der Waals surface area contributed by atoms with E-state index in [0.717, 1.165) is 30.9 Å². The minimum Gasteiger partial charge on any atom is -0.372 e. The number of benzene rings is 2. The van der Waals surface area contributed by atoms with E-state index in [1.54, 1.807) is 0 Å². The van der Waals surface area contributed by atoms with Crippen LogP contribution in [0.15, 0.2) is 54.6 Å². The normalized spacial score (nSPS) is 15.9. The lowest BCUT2D eigenvalue weighted by Gasteiger charge is -2.33. The summed E-state index contributed by atoms with van der Waals surface area (Å²) in [5.41, 5.74) is 3.43. The lowest BCUT2D eigenvalue weighted by atomic mass is 9.90. The van der Waals surface area contributed by atoms with E-state index in [2.05, 4.69) is 47.4 Å². The molecular weight excluding hydrogens is 258 g/mol. The summed E-state index contributed by atoms with van der Waals surface area (Å²) in [6.07, 6.45) is 4.57. The number of anilines is 1. The summed E-state index contributed by atoms with van der Waals surface area (Å²) in [7, 11) is 0. The molecule has 0 aliphatic carbocycles. The third-order valence-electron chi connectivity index (χ3n) is 4.38. The zero-order valence-corrected chi connectivity index (χ0v) is 12.2. The molecule has 0 atom stereocenters. The highest BCUT2D eigenvalue weighted by Crippen LogP contribution is 2.25. The summed E-state index contributed by atoms with van der Waals surface area (Å²) < 4.78 is 0. The Labute approximate surface area is 126 Å². The summed E-state index contributed by atoms with van der Waals surface area (Å²) in [5.74, 6) is 0.790. The number of hydrogen-bond donors (Lipinski definition) is 0. The van der Waals surface area contributed by atoms with Gasteiger partial charge in [0, 0.05) is 24.3 Å². The van der Waals surface area contributed by atoms with Crippen LogP contribution in [0.5, 0.6) is 0 Å². The Hall–Kier alpha value is -2.09. The first-order chi connectivity index (χ1) is 10.3. The molecule has 0 bridgehead atoms. The topological polar surface area (TPSA) is 20.3 Å². The Kier molecular flexibility index (Phi) is 4.34. The number of aldehydes is 1. The van der Waals surface area contributed by atoms with Gasteiger partial charge in [0.2, 0.25) is 0 Å². The lowest BCUT2D eigenvalue weighted by molar-refractivity contribution is 0.112. The van der Waals surface area contributed by atoms with E-state index in [-0.39, 0.29) is 0 Å². The van der Waals surface area contributed by atoms with Crippen LogP contribution in [0.25, 0.3) is 0 Å². The average molecular weight is 279 g/mol. The molecule has 1 fully saturated rings. The first-order valence-corrected chi connectivity index (χ1v) is 7.69. The molecule has 0 saturated carbocycles. The van der Waals surface area contributed by atoms with Gasteiger partial charge in [-0.1, -0.05) is 30.3 Å². The third kappa shape index (κ3) is 3.52. The van der Waals surface area contributed by atoms with Crippen molar-refractivity contribution < 1.29 is 4.79 Å². The van der Waals surface area contributed by atoms with Crippen molar-refractivity contribution in [1.29, 1.82) is 0 Å². The number of nitrogens with zero attached hydrogens (tertiary/aromatic N) is 1. The molecule has 0 unspecified atom stereocenters. The van der Waals surface area contributed by atoms with Crippen LogP contribution in [-0.4, -0.2) is 19.4 Å². The van der Waals surface area contributed by atoms with Gasteiger partial charge in [-0.05, 0) is 55.0 Å². The van der Waals surface area contributed by atoms with E-state index in [4.69, 9.17) is 0 Å². The SMILES string of the molecule is O=Cc1ccc(N2CCC(Cc3ccccc3)CC2)cc1. The van der Waals surface area contributed by atoms with Gasteiger partial charge in [0.25, 0.3) is 0 Å². The largest absolute Gasteiger partial charge is 0.372 e. The van der Waals surface area contributed by atoms with Crippen molar-refractivity contribution in [2.45, 2.75) is 19.3 Å². The van der Waals surface area contributed by atoms with Crippen LogP contribution in [0.1, 0.15) is 28.8 Å². The number of carbonyl (C=O) groups excluding carboxylic acids is 1. The van der Waals surface area contributed by atoms with Gasteiger partial charge in [0.05, 0.1) is 0 Å². The van der Waals surface area contributed by atoms with Crippen molar-refractivity contribution in [3.8, 4) is 0 Å². The van der Waals surface area contributed by atoms with Gasteiger partial charge in [-0.25, -0.2) is 0 Å². The van der Waals surface area contributed by atoms with Gasteiger partial charge < -0.3 is 4.90 Å². The number of hydrogen-bond acceptors (Lipinski definition) is 2. The minimum absolute atomic E-state index is 0.748. The van der Waals surface area contributed by atoms with Crippen molar-refractivity contribution in [2.24, 2.45) is 5.92 Å². The predicted molar refractivity (Wildman–Crippen MR) is 86.9 cm³/mol. The molecule has 0 radical (unpaired) electrons. The molecule has 1 heterocycles. The standard InChI is InChI=1S/C19H21NO/c21-15-18-6-8-19(9-7-18)20-12-10-17(11-13-20)14-16-4-2-1-3-5-16/h1-9,15,17H,10-14H2. The molecule has 1 aliphatic rings. The number of rotatable bonds is 4. The smallest absolute Gasteiger partial charge is 0.150 e. The fourth-order valence-electron chi connectivity index (χ4n) is 3.11. The molecule has 0 amide bonds. The fraction of sp³-hybridized carbons (Fsp3) is 0.316. The van der Waals surface area contributed by atoms with Crippen LogP contribution in [-0.2, 0) is 6.42 Å². The molecule has 0 aromatic heterocycles. The second kappa shape index (κ2) is 6.57. The molecule has 3 rings (SSSR count). The van der Waals surface area contributed by atoms with Crippen molar-refractivity contribution in [1.82, 2.24) is 0 Å². The zero-order valence-electron chi connectivity index (χ0n) is 12.2. The van der Waals surface area contributed by atoms with E-state index in [9.17, 15) is 4.79 Å². The average Bonchev–Trinajstić information content (AvgIpc) is 2.57. The summed E-state index contributed by atoms with van der Waals surface area (Å²) in [4.78, 5) is 13.1. The fourth-order valence-corrected chi connectivity index (χ4v) is 3.11. The summed E-state index contributed by atoms with van der Waals surface area (Å²) >= 11 is 0. The van der Waals surface area contributed by atoms with E-state index >= 15 is 0 Å². The molecule has 108 valence electrons. The Morgan fingerprint density at radius 2 is 1.62 bits per heavy atom.